The van der Waals surface area contributed by atoms with Crippen LogP contribution in [0.25, 0.3) is 5.69 Å². The van der Waals surface area contributed by atoms with E-state index >= 15 is 0 Å². The fraction of sp³-hybridized carbons (Fsp3) is 0.185. The first kappa shape index (κ1) is 22.6. The minimum absolute atomic E-state index is 0.0788. The maximum atomic E-state index is 5.88. The van der Waals surface area contributed by atoms with E-state index in [0.717, 1.165) is 33.0 Å². The SMILES string of the molecule is COc1cccc(N2C(=S)N[C@@H](c3ccccn3)[C@H]2c2cc(C)n(-c3ccc(Br)cc3)c2C)c1. The molecule has 1 aliphatic rings. The number of hydrogen-bond acceptors (Lipinski definition) is 3. The molecule has 0 bridgehead atoms. The molecule has 2 aromatic heterocycles. The van der Waals surface area contributed by atoms with Crippen LogP contribution in [0.1, 0.15) is 34.7 Å². The Labute approximate surface area is 213 Å². The summed E-state index contributed by atoms with van der Waals surface area (Å²) >= 11 is 9.43. The van der Waals surface area contributed by atoms with Crippen LogP contribution < -0.4 is 15.0 Å². The Kier molecular flexibility index (Phi) is 6.15. The van der Waals surface area contributed by atoms with Gasteiger partial charge in [-0.2, -0.15) is 0 Å². The van der Waals surface area contributed by atoms with Crippen LogP contribution in [0.4, 0.5) is 5.69 Å². The number of hydrogen-bond donors (Lipinski definition) is 1. The minimum Gasteiger partial charge on any atom is -0.497 e. The van der Waals surface area contributed by atoms with E-state index in [1.54, 1.807) is 7.11 Å². The second-order valence-electron chi connectivity index (χ2n) is 8.34. The Morgan fingerprint density at radius 1 is 0.971 bits per heavy atom. The van der Waals surface area contributed by atoms with Crippen molar-refractivity contribution in [3.05, 3.63) is 106 Å². The second kappa shape index (κ2) is 9.24. The minimum atomic E-state index is -0.0984. The molecular formula is C27H25BrN4OS. The number of pyridine rings is 1. The van der Waals surface area contributed by atoms with Gasteiger partial charge in [-0.05, 0) is 86.2 Å². The highest BCUT2D eigenvalue weighted by Gasteiger charge is 2.42. The molecule has 1 saturated heterocycles. The summed E-state index contributed by atoms with van der Waals surface area (Å²) in [6, 6.07) is 24.5. The molecule has 0 unspecified atom stereocenters. The molecule has 0 saturated carbocycles. The molecule has 1 N–H and O–H groups in total. The summed E-state index contributed by atoms with van der Waals surface area (Å²) in [7, 11) is 1.68. The van der Waals surface area contributed by atoms with E-state index in [1.807, 2.05) is 36.5 Å². The lowest BCUT2D eigenvalue weighted by Crippen LogP contribution is -2.29. The van der Waals surface area contributed by atoms with E-state index in [-0.39, 0.29) is 12.1 Å². The quantitative estimate of drug-likeness (QED) is 0.299. The van der Waals surface area contributed by atoms with Gasteiger partial charge in [0.05, 0.1) is 24.9 Å². The molecule has 0 aliphatic carbocycles. The number of benzene rings is 2. The number of anilines is 1. The van der Waals surface area contributed by atoms with Crippen LogP contribution in [0.15, 0.2) is 83.5 Å². The van der Waals surface area contributed by atoms with Gasteiger partial charge in [0.15, 0.2) is 5.11 Å². The number of ether oxygens (including phenoxy) is 1. The van der Waals surface area contributed by atoms with E-state index < -0.39 is 0 Å². The van der Waals surface area contributed by atoms with Crippen LogP contribution in [0, 0.1) is 13.8 Å². The molecule has 34 heavy (non-hydrogen) atoms. The van der Waals surface area contributed by atoms with E-state index in [9.17, 15) is 0 Å². The lowest BCUT2D eigenvalue weighted by atomic mass is 9.96. The maximum absolute atomic E-state index is 5.88. The van der Waals surface area contributed by atoms with Gasteiger partial charge < -0.3 is 19.5 Å². The molecule has 0 spiro atoms. The van der Waals surface area contributed by atoms with Crippen molar-refractivity contribution in [1.82, 2.24) is 14.9 Å². The predicted octanol–water partition coefficient (Wildman–Crippen LogP) is 6.44. The Morgan fingerprint density at radius 3 is 2.47 bits per heavy atom. The lowest BCUT2D eigenvalue weighted by molar-refractivity contribution is 0.415. The van der Waals surface area contributed by atoms with E-state index in [1.165, 1.54) is 11.3 Å². The molecule has 4 aromatic rings. The fourth-order valence-corrected chi connectivity index (χ4v) is 5.39. The number of methoxy groups -OCH3 is 1. The highest BCUT2D eigenvalue weighted by molar-refractivity contribution is 9.10. The van der Waals surface area contributed by atoms with Crippen LogP contribution in [-0.4, -0.2) is 21.8 Å². The molecule has 7 heteroatoms. The Balaban J connectivity index is 1.68. The Bertz CT molecular complexity index is 1340. The van der Waals surface area contributed by atoms with Crippen molar-refractivity contribution in [3.8, 4) is 11.4 Å². The number of halogens is 1. The zero-order valence-electron chi connectivity index (χ0n) is 19.2. The van der Waals surface area contributed by atoms with Crippen LogP contribution in [0.5, 0.6) is 5.75 Å². The van der Waals surface area contributed by atoms with Gasteiger partial charge in [-0.25, -0.2) is 0 Å². The van der Waals surface area contributed by atoms with Gasteiger partial charge in [-0.1, -0.05) is 28.1 Å². The summed E-state index contributed by atoms with van der Waals surface area (Å²) in [6.07, 6.45) is 1.83. The van der Waals surface area contributed by atoms with E-state index in [4.69, 9.17) is 17.0 Å². The topological polar surface area (TPSA) is 42.3 Å². The Hall–Kier alpha value is -3.16. The molecule has 0 radical (unpaired) electrons. The summed E-state index contributed by atoms with van der Waals surface area (Å²) in [5.41, 5.74) is 6.59. The molecule has 2 atom stereocenters. The normalized spacial score (nSPS) is 17.6. The van der Waals surface area contributed by atoms with E-state index in [0.29, 0.717) is 5.11 Å². The summed E-state index contributed by atoms with van der Waals surface area (Å²) in [6.45, 7) is 4.32. The van der Waals surface area contributed by atoms with Crippen molar-refractivity contribution in [2.24, 2.45) is 0 Å². The largest absolute Gasteiger partial charge is 0.497 e. The number of thiocarbonyl (C=S) groups is 1. The third-order valence-electron chi connectivity index (χ3n) is 6.30. The van der Waals surface area contributed by atoms with Gasteiger partial charge in [0.2, 0.25) is 0 Å². The van der Waals surface area contributed by atoms with Gasteiger partial charge >= 0.3 is 0 Å². The van der Waals surface area contributed by atoms with Crippen molar-refractivity contribution in [2.45, 2.75) is 25.9 Å². The predicted molar refractivity (Wildman–Crippen MR) is 144 cm³/mol. The number of aryl methyl sites for hydroxylation is 1. The molecule has 1 fully saturated rings. The van der Waals surface area contributed by atoms with Crippen LogP contribution >= 0.6 is 28.1 Å². The number of aromatic nitrogens is 2. The van der Waals surface area contributed by atoms with Crippen LogP contribution in [-0.2, 0) is 0 Å². The molecule has 172 valence electrons. The third-order valence-corrected chi connectivity index (χ3v) is 7.15. The van der Waals surface area contributed by atoms with Gasteiger partial charge in [0.25, 0.3) is 0 Å². The standard InChI is InChI=1S/C27H25BrN4OS/c1-17-15-23(18(2)31(17)20-12-10-19(28)11-13-20)26-25(24-9-4-5-14-29-24)30-27(34)32(26)21-7-6-8-22(16-21)33-3/h4-16,25-26H,1-3H3,(H,30,34)/t25-,26+/m0/s1. The van der Waals surface area contributed by atoms with Gasteiger partial charge in [0, 0.05) is 39.5 Å². The van der Waals surface area contributed by atoms with E-state index in [2.05, 4.69) is 92.0 Å². The summed E-state index contributed by atoms with van der Waals surface area (Å²) in [5.74, 6) is 0.792. The second-order valence-corrected chi connectivity index (χ2v) is 9.64. The van der Waals surface area contributed by atoms with Gasteiger partial charge in [0.1, 0.15) is 5.75 Å². The van der Waals surface area contributed by atoms with Crippen molar-refractivity contribution < 1.29 is 4.74 Å². The Morgan fingerprint density at radius 2 is 1.76 bits per heavy atom. The smallest absolute Gasteiger partial charge is 0.174 e. The highest BCUT2D eigenvalue weighted by atomic mass is 79.9. The maximum Gasteiger partial charge on any atom is 0.174 e. The van der Waals surface area contributed by atoms with Crippen molar-refractivity contribution in [3.63, 3.8) is 0 Å². The first-order valence-electron chi connectivity index (χ1n) is 11.1. The number of nitrogens with zero attached hydrogens (tertiary/aromatic N) is 3. The van der Waals surface area contributed by atoms with Gasteiger partial charge in [-0.3, -0.25) is 4.98 Å². The average Bonchev–Trinajstić information content (AvgIpc) is 3.35. The highest BCUT2D eigenvalue weighted by Crippen LogP contribution is 2.44. The van der Waals surface area contributed by atoms with Crippen molar-refractivity contribution in [1.29, 1.82) is 0 Å². The van der Waals surface area contributed by atoms with Crippen molar-refractivity contribution in [2.75, 3.05) is 12.0 Å². The fourth-order valence-electron chi connectivity index (χ4n) is 4.78. The lowest BCUT2D eigenvalue weighted by Gasteiger charge is -2.28. The molecule has 5 rings (SSSR count). The number of rotatable bonds is 5. The average molecular weight is 533 g/mol. The molecule has 0 amide bonds. The third kappa shape index (κ3) is 3.99. The van der Waals surface area contributed by atoms with Crippen LogP contribution in [0.3, 0.4) is 0 Å². The monoisotopic (exact) mass is 532 g/mol. The number of nitrogens with one attached hydrogen (secondary N) is 1. The summed E-state index contributed by atoms with van der Waals surface area (Å²) in [5, 5.41) is 4.22. The summed E-state index contributed by atoms with van der Waals surface area (Å²) < 4.78 is 8.86. The van der Waals surface area contributed by atoms with Crippen molar-refractivity contribution >= 4 is 38.9 Å². The molecule has 3 heterocycles. The molecular weight excluding hydrogens is 508 g/mol. The van der Waals surface area contributed by atoms with Crippen LogP contribution in [0.2, 0.25) is 0 Å². The zero-order valence-corrected chi connectivity index (χ0v) is 21.6. The van der Waals surface area contributed by atoms with Gasteiger partial charge in [-0.15, -0.1) is 0 Å². The summed E-state index contributed by atoms with van der Waals surface area (Å²) in [4.78, 5) is 6.86. The first-order valence-corrected chi connectivity index (χ1v) is 12.3. The molecule has 1 aliphatic heterocycles. The first-order chi connectivity index (χ1) is 16.5. The molecule has 5 nitrogen and oxygen atoms in total. The zero-order chi connectivity index (χ0) is 23.8. The molecule has 2 aromatic carbocycles.